The van der Waals surface area contributed by atoms with Crippen LogP contribution >= 0.6 is 0 Å². The average Bonchev–Trinajstić information content (AvgIpc) is 2.87. The maximum Gasteiger partial charge on any atom is 0.281 e. The number of rotatable bonds is 5. The summed E-state index contributed by atoms with van der Waals surface area (Å²) in [6.07, 6.45) is 0.724. The van der Waals surface area contributed by atoms with Gasteiger partial charge in [0.05, 0.1) is 6.54 Å². The van der Waals surface area contributed by atoms with E-state index in [-0.39, 0.29) is 0 Å². The van der Waals surface area contributed by atoms with E-state index < -0.39 is 10.2 Å². The van der Waals surface area contributed by atoms with Crippen molar-refractivity contribution in [1.29, 1.82) is 0 Å². The van der Waals surface area contributed by atoms with Crippen molar-refractivity contribution in [3.8, 4) is 0 Å². The van der Waals surface area contributed by atoms with Crippen molar-refractivity contribution in [3.05, 3.63) is 11.7 Å². The van der Waals surface area contributed by atoms with Gasteiger partial charge in [-0.2, -0.15) is 22.0 Å². The number of nitrogens with zero attached hydrogens (tertiary/aromatic N) is 5. The zero-order chi connectivity index (χ0) is 14.8. The van der Waals surface area contributed by atoms with Crippen LogP contribution in [0.25, 0.3) is 0 Å². The molecule has 0 bridgehead atoms. The van der Waals surface area contributed by atoms with Gasteiger partial charge in [-0.3, -0.25) is 4.90 Å². The molecule has 0 radical (unpaired) electrons. The third-order valence-electron chi connectivity index (χ3n) is 3.30. The molecule has 0 aliphatic carbocycles. The number of hydrogen-bond donors (Lipinski definition) is 0. The number of aromatic nitrogens is 2. The molecule has 0 aromatic carbocycles. The Labute approximate surface area is 119 Å². The van der Waals surface area contributed by atoms with E-state index in [1.165, 1.54) is 8.61 Å². The highest BCUT2D eigenvalue weighted by atomic mass is 32.2. The van der Waals surface area contributed by atoms with E-state index in [0.29, 0.717) is 44.4 Å². The van der Waals surface area contributed by atoms with Gasteiger partial charge >= 0.3 is 0 Å². The lowest BCUT2D eigenvalue weighted by molar-refractivity contribution is 0.172. The van der Waals surface area contributed by atoms with E-state index in [9.17, 15) is 8.42 Å². The van der Waals surface area contributed by atoms with Crippen LogP contribution < -0.4 is 0 Å². The summed E-state index contributed by atoms with van der Waals surface area (Å²) in [5.74, 6) is 1.29. The SMILES string of the molecule is CCc1nc(CN2CCN(S(=O)(=O)N(C)C)CC2)no1. The lowest BCUT2D eigenvalue weighted by Gasteiger charge is -2.34. The Balaban J connectivity index is 1.88. The molecule has 0 spiro atoms. The van der Waals surface area contributed by atoms with E-state index in [0.717, 1.165) is 6.42 Å². The lowest BCUT2D eigenvalue weighted by Crippen LogP contribution is -2.51. The molecule has 1 aliphatic rings. The van der Waals surface area contributed by atoms with E-state index >= 15 is 0 Å². The first-order chi connectivity index (χ1) is 9.43. The van der Waals surface area contributed by atoms with Crippen LogP contribution in [0.2, 0.25) is 0 Å². The second kappa shape index (κ2) is 6.17. The molecule has 0 unspecified atom stereocenters. The van der Waals surface area contributed by atoms with Gasteiger partial charge < -0.3 is 4.52 Å². The summed E-state index contributed by atoms with van der Waals surface area (Å²) in [6.45, 7) is 4.87. The molecule has 1 fully saturated rings. The van der Waals surface area contributed by atoms with Crippen LogP contribution in [0.5, 0.6) is 0 Å². The molecule has 114 valence electrons. The summed E-state index contributed by atoms with van der Waals surface area (Å²) in [7, 11) is -0.208. The van der Waals surface area contributed by atoms with Crippen molar-refractivity contribution in [1.82, 2.24) is 23.7 Å². The number of hydrogen-bond acceptors (Lipinski definition) is 6. The van der Waals surface area contributed by atoms with E-state index in [1.54, 1.807) is 14.1 Å². The van der Waals surface area contributed by atoms with Gasteiger partial charge in [-0.05, 0) is 0 Å². The fourth-order valence-electron chi connectivity index (χ4n) is 2.05. The summed E-state index contributed by atoms with van der Waals surface area (Å²) >= 11 is 0. The molecule has 1 aliphatic heterocycles. The minimum Gasteiger partial charge on any atom is -0.339 e. The molecule has 1 aromatic rings. The van der Waals surface area contributed by atoms with Gasteiger partial charge in [0.25, 0.3) is 10.2 Å². The summed E-state index contributed by atoms with van der Waals surface area (Å²) in [5.41, 5.74) is 0. The maximum atomic E-state index is 12.0. The van der Waals surface area contributed by atoms with Crippen LogP contribution in [0.1, 0.15) is 18.6 Å². The highest BCUT2D eigenvalue weighted by molar-refractivity contribution is 7.86. The zero-order valence-corrected chi connectivity index (χ0v) is 12.9. The van der Waals surface area contributed by atoms with Crippen molar-refractivity contribution >= 4 is 10.2 Å². The van der Waals surface area contributed by atoms with E-state index in [1.807, 2.05) is 6.92 Å². The Morgan fingerprint density at radius 1 is 1.25 bits per heavy atom. The van der Waals surface area contributed by atoms with Crippen LogP contribution in [0.3, 0.4) is 0 Å². The number of aryl methyl sites for hydroxylation is 1. The smallest absolute Gasteiger partial charge is 0.281 e. The Bertz CT molecular complexity index is 534. The Morgan fingerprint density at radius 3 is 2.40 bits per heavy atom. The molecule has 0 saturated carbocycles. The van der Waals surface area contributed by atoms with Crippen LogP contribution in [-0.2, 0) is 23.2 Å². The molecule has 20 heavy (non-hydrogen) atoms. The van der Waals surface area contributed by atoms with Gasteiger partial charge in [0, 0.05) is 46.7 Å². The normalized spacial score (nSPS) is 18.8. The zero-order valence-electron chi connectivity index (χ0n) is 12.1. The summed E-state index contributed by atoms with van der Waals surface area (Å²) in [5, 5.41) is 3.91. The lowest BCUT2D eigenvalue weighted by atomic mass is 10.3. The maximum absolute atomic E-state index is 12.0. The molecule has 0 amide bonds. The first-order valence-electron chi connectivity index (χ1n) is 6.65. The molecular weight excluding hydrogens is 282 g/mol. The molecule has 2 rings (SSSR count). The Hall–Kier alpha value is -1.03. The third kappa shape index (κ3) is 3.35. The molecule has 1 aromatic heterocycles. The minimum absolute atomic E-state index is 0.485. The monoisotopic (exact) mass is 303 g/mol. The largest absolute Gasteiger partial charge is 0.339 e. The predicted molar refractivity (Wildman–Crippen MR) is 73.1 cm³/mol. The van der Waals surface area contributed by atoms with Crippen LogP contribution in [0.4, 0.5) is 0 Å². The minimum atomic E-state index is -3.31. The Morgan fingerprint density at radius 2 is 1.90 bits per heavy atom. The van der Waals surface area contributed by atoms with Crippen molar-refractivity contribution in [2.75, 3.05) is 40.3 Å². The molecule has 9 heteroatoms. The average molecular weight is 303 g/mol. The second-order valence-corrected chi connectivity index (χ2v) is 7.07. The van der Waals surface area contributed by atoms with Crippen molar-refractivity contribution in [2.45, 2.75) is 19.9 Å². The molecule has 1 saturated heterocycles. The Kier molecular flexibility index (Phi) is 4.74. The first-order valence-corrected chi connectivity index (χ1v) is 8.04. The van der Waals surface area contributed by atoms with Crippen LogP contribution in [-0.4, -0.2) is 72.3 Å². The molecule has 0 atom stereocenters. The fourth-order valence-corrected chi connectivity index (χ4v) is 3.13. The van der Waals surface area contributed by atoms with Gasteiger partial charge in [0.2, 0.25) is 5.89 Å². The van der Waals surface area contributed by atoms with Gasteiger partial charge in [-0.15, -0.1) is 0 Å². The summed E-state index contributed by atoms with van der Waals surface area (Å²) in [4.78, 5) is 6.39. The van der Waals surface area contributed by atoms with Crippen LogP contribution in [0.15, 0.2) is 4.52 Å². The third-order valence-corrected chi connectivity index (χ3v) is 5.24. The van der Waals surface area contributed by atoms with Crippen molar-refractivity contribution in [3.63, 3.8) is 0 Å². The van der Waals surface area contributed by atoms with Crippen LogP contribution in [0, 0.1) is 0 Å². The highest BCUT2D eigenvalue weighted by Crippen LogP contribution is 2.11. The van der Waals surface area contributed by atoms with Gasteiger partial charge in [0.1, 0.15) is 0 Å². The van der Waals surface area contributed by atoms with E-state index in [2.05, 4.69) is 15.0 Å². The molecular formula is C11H21N5O3S. The second-order valence-electron chi connectivity index (χ2n) is 4.92. The topological polar surface area (TPSA) is 82.8 Å². The summed E-state index contributed by atoms with van der Waals surface area (Å²) < 4.78 is 31.8. The standard InChI is InChI=1S/C11H21N5O3S/c1-4-11-12-10(13-19-11)9-15-5-7-16(8-6-15)20(17,18)14(2)3/h4-9H2,1-3H3. The van der Waals surface area contributed by atoms with Crippen molar-refractivity contribution < 1.29 is 12.9 Å². The first kappa shape index (κ1) is 15.4. The highest BCUT2D eigenvalue weighted by Gasteiger charge is 2.28. The quantitative estimate of drug-likeness (QED) is 0.733. The van der Waals surface area contributed by atoms with Gasteiger partial charge in [-0.1, -0.05) is 12.1 Å². The molecule has 8 nitrogen and oxygen atoms in total. The molecule has 0 N–H and O–H groups in total. The van der Waals surface area contributed by atoms with Gasteiger partial charge in [0.15, 0.2) is 5.82 Å². The molecule has 2 heterocycles. The number of piperazine rings is 1. The van der Waals surface area contributed by atoms with Crippen molar-refractivity contribution in [2.24, 2.45) is 0 Å². The van der Waals surface area contributed by atoms with Gasteiger partial charge in [-0.25, -0.2) is 0 Å². The predicted octanol–water partition coefficient (Wildman–Crippen LogP) is -0.444. The summed E-state index contributed by atoms with van der Waals surface area (Å²) in [6, 6.07) is 0. The fraction of sp³-hybridized carbons (Fsp3) is 0.818. The van der Waals surface area contributed by atoms with E-state index in [4.69, 9.17) is 4.52 Å².